The van der Waals surface area contributed by atoms with Gasteiger partial charge in [0.2, 0.25) is 0 Å². The van der Waals surface area contributed by atoms with E-state index in [0.717, 1.165) is 12.0 Å². The highest BCUT2D eigenvalue weighted by Crippen LogP contribution is 2.02. The molecule has 0 saturated heterocycles. The molecule has 56 valence electrons. The fraction of sp³-hybridized carbons (Fsp3) is 0.250. The topological polar surface area (TPSA) is 0 Å². The molecule has 0 aliphatic heterocycles. The average molecular weight is 252 g/mol. The highest BCUT2D eigenvalue weighted by Gasteiger charge is 1.88. The molecule has 1 rings (SSSR count). The first kappa shape index (κ1) is 9.88. The molecular formula is C8H10FI. The molecule has 0 aromatic heterocycles. The summed E-state index contributed by atoms with van der Waals surface area (Å²) in [4.78, 5) is 0. The first-order valence-corrected chi connectivity index (χ1v) is 3.07. The van der Waals surface area contributed by atoms with Crippen LogP contribution >= 0.6 is 24.0 Å². The Morgan fingerprint density at radius 3 is 2.50 bits per heavy atom. The Morgan fingerprint density at radius 2 is 2.10 bits per heavy atom. The zero-order valence-corrected chi connectivity index (χ0v) is 8.13. The number of hydrogen-bond acceptors (Lipinski definition) is 0. The third-order valence-corrected chi connectivity index (χ3v) is 1.30. The van der Waals surface area contributed by atoms with Crippen LogP contribution in [0.15, 0.2) is 24.3 Å². The molecule has 0 fully saturated rings. The summed E-state index contributed by atoms with van der Waals surface area (Å²) < 4.78 is 12.4. The van der Waals surface area contributed by atoms with E-state index >= 15 is 0 Å². The van der Waals surface area contributed by atoms with Crippen LogP contribution in [0.3, 0.4) is 0 Å². The van der Waals surface area contributed by atoms with Gasteiger partial charge in [-0.1, -0.05) is 19.1 Å². The van der Waals surface area contributed by atoms with E-state index in [2.05, 4.69) is 0 Å². The summed E-state index contributed by atoms with van der Waals surface area (Å²) in [6.07, 6.45) is 0.901. The van der Waals surface area contributed by atoms with Gasteiger partial charge in [-0.3, -0.25) is 0 Å². The van der Waals surface area contributed by atoms with Crippen molar-refractivity contribution in [1.29, 1.82) is 0 Å². The van der Waals surface area contributed by atoms with Gasteiger partial charge in [0.1, 0.15) is 5.82 Å². The predicted molar refractivity (Wildman–Crippen MR) is 51.2 cm³/mol. The molecule has 0 nitrogen and oxygen atoms in total. The van der Waals surface area contributed by atoms with Crippen LogP contribution in [0.25, 0.3) is 0 Å². The molecule has 1 aromatic carbocycles. The lowest BCUT2D eigenvalue weighted by molar-refractivity contribution is 0.625. The van der Waals surface area contributed by atoms with Crippen molar-refractivity contribution in [3.63, 3.8) is 0 Å². The quantitative estimate of drug-likeness (QED) is 0.674. The van der Waals surface area contributed by atoms with Crippen LogP contribution in [0.4, 0.5) is 4.39 Å². The van der Waals surface area contributed by atoms with Crippen molar-refractivity contribution in [2.24, 2.45) is 0 Å². The SMILES string of the molecule is CCc1cccc(F)c1.I. The van der Waals surface area contributed by atoms with E-state index in [0.29, 0.717) is 0 Å². The fourth-order valence-electron chi connectivity index (χ4n) is 0.757. The Labute approximate surface area is 77.5 Å². The minimum Gasteiger partial charge on any atom is -0.207 e. The van der Waals surface area contributed by atoms with E-state index in [1.54, 1.807) is 12.1 Å². The summed E-state index contributed by atoms with van der Waals surface area (Å²) >= 11 is 0. The summed E-state index contributed by atoms with van der Waals surface area (Å²) in [5, 5.41) is 0. The van der Waals surface area contributed by atoms with Gasteiger partial charge in [-0.15, -0.1) is 24.0 Å². The van der Waals surface area contributed by atoms with Crippen LogP contribution in [0, 0.1) is 5.82 Å². The molecule has 0 aliphatic carbocycles. The summed E-state index contributed by atoms with van der Waals surface area (Å²) in [5.74, 6) is -0.144. The zero-order chi connectivity index (χ0) is 6.69. The molecule has 0 unspecified atom stereocenters. The second-order valence-corrected chi connectivity index (χ2v) is 1.98. The molecule has 0 radical (unpaired) electrons. The first-order chi connectivity index (χ1) is 4.33. The van der Waals surface area contributed by atoms with E-state index in [9.17, 15) is 4.39 Å². The number of aryl methyl sites for hydroxylation is 1. The van der Waals surface area contributed by atoms with Gasteiger partial charge >= 0.3 is 0 Å². The number of halogens is 2. The molecule has 0 N–H and O–H groups in total. The minimum absolute atomic E-state index is 0. The smallest absolute Gasteiger partial charge is 0.123 e. The second kappa shape index (κ2) is 4.66. The Kier molecular flexibility index (Phi) is 4.60. The largest absolute Gasteiger partial charge is 0.207 e. The van der Waals surface area contributed by atoms with Crippen molar-refractivity contribution in [1.82, 2.24) is 0 Å². The van der Waals surface area contributed by atoms with Crippen LogP contribution in [-0.2, 0) is 6.42 Å². The summed E-state index contributed by atoms with van der Waals surface area (Å²) in [5.41, 5.74) is 1.05. The first-order valence-electron chi connectivity index (χ1n) is 3.07. The predicted octanol–water partition coefficient (Wildman–Crippen LogP) is 3.01. The van der Waals surface area contributed by atoms with E-state index in [4.69, 9.17) is 0 Å². The number of benzene rings is 1. The molecule has 0 bridgehead atoms. The summed E-state index contributed by atoms with van der Waals surface area (Å²) in [6, 6.07) is 6.66. The minimum atomic E-state index is -0.144. The number of rotatable bonds is 1. The van der Waals surface area contributed by atoms with Gasteiger partial charge in [-0.25, -0.2) is 4.39 Å². The van der Waals surface area contributed by atoms with Crippen molar-refractivity contribution >= 4 is 24.0 Å². The van der Waals surface area contributed by atoms with E-state index in [1.807, 2.05) is 13.0 Å². The summed E-state index contributed by atoms with van der Waals surface area (Å²) in [7, 11) is 0. The maximum Gasteiger partial charge on any atom is 0.123 e. The summed E-state index contributed by atoms with van der Waals surface area (Å²) in [6.45, 7) is 2.01. The lowest BCUT2D eigenvalue weighted by Crippen LogP contribution is -1.79. The average Bonchev–Trinajstić information content (AvgIpc) is 1.88. The fourth-order valence-corrected chi connectivity index (χ4v) is 0.757. The van der Waals surface area contributed by atoms with Crippen molar-refractivity contribution < 1.29 is 4.39 Å². The van der Waals surface area contributed by atoms with E-state index < -0.39 is 0 Å². The highest BCUT2D eigenvalue weighted by molar-refractivity contribution is 14.0. The van der Waals surface area contributed by atoms with Crippen LogP contribution in [0.5, 0.6) is 0 Å². The maximum atomic E-state index is 12.4. The van der Waals surface area contributed by atoms with Gasteiger partial charge in [-0.2, -0.15) is 0 Å². The highest BCUT2D eigenvalue weighted by atomic mass is 127. The standard InChI is InChI=1S/C8H9F.HI/c1-2-7-4-3-5-8(9)6-7;/h3-6H,2H2,1H3;1H. The lowest BCUT2D eigenvalue weighted by Gasteiger charge is -1.92. The van der Waals surface area contributed by atoms with Crippen molar-refractivity contribution in [2.75, 3.05) is 0 Å². The van der Waals surface area contributed by atoms with Gasteiger partial charge in [0, 0.05) is 0 Å². The van der Waals surface area contributed by atoms with Crippen LogP contribution in [0.2, 0.25) is 0 Å². The molecule has 0 aliphatic rings. The maximum absolute atomic E-state index is 12.4. The normalized spacial score (nSPS) is 8.60. The Hall–Kier alpha value is -0.120. The van der Waals surface area contributed by atoms with E-state index in [1.165, 1.54) is 6.07 Å². The van der Waals surface area contributed by atoms with Crippen molar-refractivity contribution in [3.8, 4) is 0 Å². The van der Waals surface area contributed by atoms with Gasteiger partial charge < -0.3 is 0 Å². The van der Waals surface area contributed by atoms with Crippen molar-refractivity contribution in [3.05, 3.63) is 35.6 Å². The molecule has 0 saturated carbocycles. The molecular weight excluding hydrogens is 242 g/mol. The lowest BCUT2D eigenvalue weighted by atomic mass is 10.2. The Morgan fingerprint density at radius 1 is 1.40 bits per heavy atom. The molecule has 2 heteroatoms. The van der Waals surface area contributed by atoms with Gasteiger partial charge in [0.15, 0.2) is 0 Å². The van der Waals surface area contributed by atoms with Crippen LogP contribution in [0.1, 0.15) is 12.5 Å². The Bertz CT molecular complexity index is 198. The molecule has 0 atom stereocenters. The second-order valence-electron chi connectivity index (χ2n) is 1.98. The molecule has 1 aromatic rings. The zero-order valence-electron chi connectivity index (χ0n) is 5.80. The molecule has 0 heterocycles. The Balaban J connectivity index is 0.000000810. The molecule has 0 amide bonds. The third kappa shape index (κ3) is 2.64. The number of hydrogen-bond donors (Lipinski definition) is 0. The molecule has 10 heavy (non-hydrogen) atoms. The van der Waals surface area contributed by atoms with Gasteiger partial charge in [0.05, 0.1) is 0 Å². The molecule has 0 spiro atoms. The third-order valence-electron chi connectivity index (χ3n) is 1.30. The van der Waals surface area contributed by atoms with Gasteiger partial charge in [0.25, 0.3) is 0 Å². The van der Waals surface area contributed by atoms with E-state index in [-0.39, 0.29) is 29.8 Å². The van der Waals surface area contributed by atoms with Gasteiger partial charge in [-0.05, 0) is 24.1 Å². The van der Waals surface area contributed by atoms with Crippen LogP contribution in [-0.4, -0.2) is 0 Å². The van der Waals surface area contributed by atoms with Crippen LogP contribution < -0.4 is 0 Å². The van der Waals surface area contributed by atoms with Crippen molar-refractivity contribution in [2.45, 2.75) is 13.3 Å². The monoisotopic (exact) mass is 252 g/mol.